The summed E-state index contributed by atoms with van der Waals surface area (Å²) < 4.78 is 0. The van der Waals surface area contributed by atoms with Gasteiger partial charge in [-0.25, -0.2) is 0 Å². The van der Waals surface area contributed by atoms with Crippen molar-refractivity contribution in [1.29, 1.82) is 0 Å². The van der Waals surface area contributed by atoms with E-state index in [1.54, 1.807) is 24.3 Å². The van der Waals surface area contributed by atoms with Crippen LogP contribution in [0.4, 0.5) is 5.69 Å². The van der Waals surface area contributed by atoms with E-state index in [0.717, 1.165) is 16.3 Å². The number of benzene rings is 3. The predicted molar refractivity (Wildman–Crippen MR) is 104 cm³/mol. The smallest absolute Gasteiger partial charge is 0.254 e. The Bertz CT molecular complexity index is 1000. The zero-order valence-electron chi connectivity index (χ0n) is 14.2. The van der Waals surface area contributed by atoms with Crippen molar-refractivity contribution in [3.63, 3.8) is 0 Å². The van der Waals surface area contributed by atoms with Crippen molar-refractivity contribution in [2.75, 3.05) is 11.9 Å². The minimum Gasteiger partial charge on any atom is -0.341 e. The van der Waals surface area contributed by atoms with Crippen LogP contribution in [0.15, 0.2) is 66.7 Å². The highest BCUT2D eigenvalue weighted by Gasteiger charge is 2.13. The van der Waals surface area contributed by atoms with Gasteiger partial charge in [-0.15, -0.1) is 6.42 Å². The average molecular weight is 342 g/mol. The molecule has 0 atom stereocenters. The van der Waals surface area contributed by atoms with Gasteiger partial charge in [0.15, 0.2) is 0 Å². The Balaban J connectivity index is 1.73. The number of nitrogens with one attached hydrogen (secondary N) is 2. The van der Waals surface area contributed by atoms with Gasteiger partial charge in [-0.05, 0) is 28.5 Å². The zero-order chi connectivity index (χ0) is 18.4. The summed E-state index contributed by atoms with van der Waals surface area (Å²) in [4.78, 5) is 24.6. The van der Waals surface area contributed by atoms with Crippen molar-refractivity contribution in [3.05, 3.63) is 77.9 Å². The first-order chi connectivity index (χ1) is 12.7. The standard InChI is InChI=1S/C22H18N2O2/c1-2-13-23-22(26)19-9-5-6-10-20(19)24-21(25)15-16-11-12-17-7-3-4-8-18(17)14-16/h1,3-12,14H,13,15H2,(H,23,26)(H,24,25). The second-order valence-electron chi connectivity index (χ2n) is 5.84. The summed E-state index contributed by atoms with van der Waals surface area (Å²) >= 11 is 0. The van der Waals surface area contributed by atoms with E-state index in [-0.39, 0.29) is 24.8 Å². The van der Waals surface area contributed by atoms with Crippen LogP contribution in [-0.4, -0.2) is 18.4 Å². The summed E-state index contributed by atoms with van der Waals surface area (Å²) in [7, 11) is 0. The molecule has 4 heteroatoms. The van der Waals surface area contributed by atoms with Crippen LogP contribution in [0.1, 0.15) is 15.9 Å². The van der Waals surface area contributed by atoms with E-state index < -0.39 is 0 Å². The van der Waals surface area contributed by atoms with E-state index in [0.29, 0.717) is 11.3 Å². The van der Waals surface area contributed by atoms with Crippen molar-refractivity contribution in [2.24, 2.45) is 0 Å². The van der Waals surface area contributed by atoms with Crippen LogP contribution in [0.5, 0.6) is 0 Å². The fourth-order valence-corrected chi connectivity index (χ4v) is 2.75. The first-order valence-corrected chi connectivity index (χ1v) is 8.25. The molecule has 0 saturated heterocycles. The van der Waals surface area contributed by atoms with Crippen molar-refractivity contribution >= 4 is 28.3 Å². The van der Waals surface area contributed by atoms with Crippen LogP contribution in [0.2, 0.25) is 0 Å². The topological polar surface area (TPSA) is 58.2 Å². The Hall–Kier alpha value is -3.58. The predicted octanol–water partition coefficient (Wildman–Crippen LogP) is 3.38. The molecule has 0 unspecified atom stereocenters. The summed E-state index contributed by atoms with van der Waals surface area (Å²) in [6, 6.07) is 20.8. The van der Waals surface area contributed by atoms with Crippen LogP contribution in [0.3, 0.4) is 0 Å². The molecule has 0 heterocycles. The molecule has 26 heavy (non-hydrogen) atoms. The van der Waals surface area contributed by atoms with Gasteiger partial charge >= 0.3 is 0 Å². The highest BCUT2D eigenvalue weighted by atomic mass is 16.2. The van der Waals surface area contributed by atoms with Crippen LogP contribution in [-0.2, 0) is 11.2 Å². The number of fused-ring (bicyclic) bond motifs is 1. The SMILES string of the molecule is C#CCNC(=O)c1ccccc1NC(=O)Cc1ccc2ccccc2c1. The molecule has 0 aromatic heterocycles. The van der Waals surface area contributed by atoms with E-state index in [9.17, 15) is 9.59 Å². The first kappa shape index (κ1) is 17.2. The number of carbonyl (C=O) groups excluding carboxylic acids is 2. The van der Waals surface area contributed by atoms with E-state index in [4.69, 9.17) is 6.42 Å². The molecule has 0 aliphatic heterocycles. The molecular formula is C22H18N2O2. The molecule has 0 radical (unpaired) electrons. The second-order valence-corrected chi connectivity index (χ2v) is 5.84. The molecule has 3 aromatic carbocycles. The Morgan fingerprint density at radius 1 is 0.923 bits per heavy atom. The molecule has 0 spiro atoms. The molecule has 0 saturated carbocycles. The highest BCUT2D eigenvalue weighted by Crippen LogP contribution is 2.18. The fourth-order valence-electron chi connectivity index (χ4n) is 2.75. The fraction of sp³-hybridized carbons (Fsp3) is 0.0909. The van der Waals surface area contributed by atoms with Gasteiger partial charge in [-0.2, -0.15) is 0 Å². The lowest BCUT2D eigenvalue weighted by atomic mass is 10.0. The van der Waals surface area contributed by atoms with Crippen LogP contribution >= 0.6 is 0 Å². The normalized spacial score (nSPS) is 10.1. The molecule has 3 aromatic rings. The lowest BCUT2D eigenvalue weighted by Crippen LogP contribution is -2.25. The lowest BCUT2D eigenvalue weighted by molar-refractivity contribution is -0.115. The largest absolute Gasteiger partial charge is 0.341 e. The van der Waals surface area contributed by atoms with Gasteiger partial charge < -0.3 is 10.6 Å². The number of amides is 2. The third kappa shape index (κ3) is 4.08. The maximum atomic E-state index is 12.4. The molecule has 0 aliphatic carbocycles. The summed E-state index contributed by atoms with van der Waals surface area (Å²) in [6.45, 7) is 0.137. The molecule has 3 rings (SSSR count). The molecule has 2 N–H and O–H groups in total. The summed E-state index contributed by atoms with van der Waals surface area (Å²) in [5.41, 5.74) is 1.76. The average Bonchev–Trinajstić information content (AvgIpc) is 2.66. The minimum absolute atomic E-state index is 0.137. The van der Waals surface area contributed by atoms with Crippen LogP contribution in [0, 0.1) is 12.3 Å². The number of rotatable bonds is 5. The molecule has 0 aliphatic rings. The first-order valence-electron chi connectivity index (χ1n) is 8.25. The van der Waals surface area contributed by atoms with Gasteiger partial charge in [0.2, 0.25) is 5.91 Å². The zero-order valence-corrected chi connectivity index (χ0v) is 14.2. The van der Waals surface area contributed by atoms with Gasteiger partial charge in [0.05, 0.1) is 24.2 Å². The van der Waals surface area contributed by atoms with Crippen LogP contribution in [0.25, 0.3) is 10.8 Å². The Labute approximate surface area is 152 Å². The van der Waals surface area contributed by atoms with E-state index in [1.165, 1.54) is 0 Å². The Kier molecular flexibility index (Phi) is 5.31. The van der Waals surface area contributed by atoms with Crippen molar-refractivity contribution in [2.45, 2.75) is 6.42 Å². The van der Waals surface area contributed by atoms with Gasteiger partial charge in [-0.1, -0.05) is 60.5 Å². The molecular weight excluding hydrogens is 324 g/mol. The van der Waals surface area contributed by atoms with Crippen molar-refractivity contribution in [3.8, 4) is 12.3 Å². The Morgan fingerprint density at radius 3 is 2.46 bits per heavy atom. The third-order valence-electron chi connectivity index (χ3n) is 3.98. The van der Waals surface area contributed by atoms with Gasteiger partial charge in [0.25, 0.3) is 5.91 Å². The maximum absolute atomic E-state index is 12.4. The van der Waals surface area contributed by atoms with Gasteiger partial charge in [-0.3, -0.25) is 9.59 Å². The molecule has 0 bridgehead atoms. The number of anilines is 1. The van der Waals surface area contributed by atoms with Gasteiger partial charge in [0.1, 0.15) is 0 Å². The molecule has 128 valence electrons. The van der Waals surface area contributed by atoms with Crippen molar-refractivity contribution in [1.82, 2.24) is 5.32 Å². The van der Waals surface area contributed by atoms with E-state index in [1.807, 2.05) is 42.5 Å². The maximum Gasteiger partial charge on any atom is 0.254 e. The number of terminal acetylenes is 1. The monoisotopic (exact) mass is 342 g/mol. The number of hydrogen-bond acceptors (Lipinski definition) is 2. The lowest BCUT2D eigenvalue weighted by Gasteiger charge is -2.11. The number of para-hydroxylation sites is 1. The number of hydrogen-bond donors (Lipinski definition) is 2. The Morgan fingerprint density at radius 2 is 1.65 bits per heavy atom. The second kappa shape index (κ2) is 8.00. The summed E-state index contributed by atoms with van der Waals surface area (Å²) in [5.74, 6) is 1.86. The highest BCUT2D eigenvalue weighted by molar-refractivity contribution is 6.04. The number of carbonyl (C=O) groups is 2. The summed E-state index contributed by atoms with van der Waals surface area (Å²) in [6.07, 6.45) is 5.39. The van der Waals surface area contributed by atoms with E-state index in [2.05, 4.69) is 16.6 Å². The third-order valence-corrected chi connectivity index (χ3v) is 3.98. The molecule has 2 amide bonds. The molecule has 0 fully saturated rings. The molecule has 4 nitrogen and oxygen atoms in total. The van der Waals surface area contributed by atoms with Crippen LogP contribution < -0.4 is 10.6 Å². The van der Waals surface area contributed by atoms with Gasteiger partial charge in [0, 0.05) is 0 Å². The van der Waals surface area contributed by atoms with E-state index >= 15 is 0 Å². The van der Waals surface area contributed by atoms with Crippen molar-refractivity contribution < 1.29 is 9.59 Å². The minimum atomic E-state index is -0.315. The summed E-state index contributed by atoms with van der Waals surface area (Å²) in [5, 5.41) is 7.64. The quantitative estimate of drug-likeness (QED) is 0.698.